The number of hydrogen-bond acceptors (Lipinski definition) is 3. The average molecular weight is 371 g/mol. The van der Waals surface area contributed by atoms with Crippen LogP contribution in [0.5, 0.6) is 5.75 Å². The molecule has 0 atom stereocenters. The first-order chi connectivity index (χ1) is 12.7. The SMILES string of the molecule is CCOC(=O)/C=C(C)/C=C/C=C(/C)c1cc(C(C)C)cc(C(C)C)c1OC. The zero-order valence-corrected chi connectivity index (χ0v) is 18.1. The number of carbonyl (C=O) groups excluding carboxylic acids is 1. The van der Waals surface area contributed by atoms with E-state index >= 15 is 0 Å². The summed E-state index contributed by atoms with van der Waals surface area (Å²) in [5.41, 5.74) is 5.63. The van der Waals surface area contributed by atoms with Crippen LogP contribution in [0.4, 0.5) is 0 Å². The standard InChI is InChI=1S/C24H34O3/c1-9-27-23(25)13-18(6)11-10-12-19(7)22-15-20(16(2)3)14-21(17(4)5)24(22)26-8/h10-17H,9H2,1-8H3/b11-10+,18-13+,19-12-. The molecule has 0 aliphatic rings. The Hall–Kier alpha value is -2.29. The van der Waals surface area contributed by atoms with Gasteiger partial charge in [0.1, 0.15) is 5.75 Å². The first-order valence-electron chi connectivity index (χ1n) is 9.63. The maximum absolute atomic E-state index is 11.5. The summed E-state index contributed by atoms with van der Waals surface area (Å²) in [6.45, 7) is 14.9. The number of benzene rings is 1. The van der Waals surface area contributed by atoms with Crippen molar-refractivity contribution in [1.82, 2.24) is 0 Å². The number of hydrogen-bond donors (Lipinski definition) is 0. The fourth-order valence-corrected chi connectivity index (χ4v) is 2.81. The maximum Gasteiger partial charge on any atom is 0.330 e. The molecular weight excluding hydrogens is 336 g/mol. The van der Waals surface area contributed by atoms with Crippen LogP contribution in [0.15, 0.2) is 42.0 Å². The molecule has 0 radical (unpaired) electrons. The van der Waals surface area contributed by atoms with Crippen LogP contribution in [0.1, 0.15) is 77.0 Å². The summed E-state index contributed by atoms with van der Waals surface area (Å²) in [6.07, 6.45) is 7.41. The molecule has 0 saturated heterocycles. The zero-order valence-electron chi connectivity index (χ0n) is 18.1. The highest BCUT2D eigenvalue weighted by atomic mass is 16.5. The van der Waals surface area contributed by atoms with Gasteiger partial charge in [-0.15, -0.1) is 0 Å². The lowest BCUT2D eigenvalue weighted by Gasteiger charge is -2.20. The molecule has 1 aromatic carbocycles. The number of rotatable bonds is 8. The molecule has 148 valence electrons. The highest BCUT2D eigenvalue weighted by Gasteiger charge is 2.16. The van der Waals surface area contributed by atoms with Crippen molar-refractivity contribution in [1.29, 1.82) is 0 Å². The predicted molar refractivity (Wildman–Crippen MR) is 114 cm³/mol. The first-order valence-corrected chi connectivity index (χ1v) is 9.63. The van der Waals surface area contributed by atoms with Crippen LogP contribution in [-0.4, -0.2) is 19.7 Å². The van der Waals surface area contributed by atoms with Gasteiger partial charge in [0, 0.05) is 11.6 Å². The van der Waals surface area contributed by atoms with Crippen molar-refractivity contribution in [2.24, 2.45) is 0 Å². The summed E-state index contributed by atoms with van der Waals surface area (Å²) in [6, 6.07) is 4.48. The summed E-state index contributed by atoms with van der Waals surface area (Å²) >= 11 is 0. The summed E-state index contributed by atoms with van der Waals surface area (Å²) in [7, 11) is 1.73. The average Bonchev–Trinajstić information content (AvgIpc) is 2.60. The van der Waals surface area contributed by atoms with Gasteiger partial charge in [-0.25, -0.2) is 4.79 Å². The largest absolute Gasteiger partial charge is 0.496 e. The third kappa shape index (κ3) is 6.74. The van der Waals surface area contributed by atoms with Crippen LogP contribution < -0.4 is 4.74 Å². The Morgan fingerprint density at radius 3 is 2.30 bits per heavy atom. The van der Waals surface area contributed by atoms with Crippen molar-refractivity contribution in [3.8, 4) is 5.75 Å². The third-order valence-electron chi connectivity index (χ3n) is 4.40. The molecule has 0 aliphatic heterocycles. The fraction of sp³-hybridized carbons (Fsp3) is 0.458. The monoisotopic (exact) mass is 370 g/mol. The van der Waals surface area contributed by atoms with Crippen LogP contribution in [-0.2, 0) is 9.53 Å². The van der Waals surface area contributed by atoms with E-state index in [1.165, 1.54) is 17.2 Å². The van der Waals surface area contributed by atoms with Crippen LogP contribution in [0.2, 0.25) is 0 Å². The molecule has 0 aromatic heterocycles. The maximum atomic E-state index is 11.5. The molecular formula is C24H34O3. The Balaban J connectivity index is 3.24. The Morgan fingerprint density at radius 1 is 1.11 bits per heavy atom. The number of carbonyl (C=O) groups is 1. The van der Waals surface area contributed by atoms with E-state index in [4.69, 9.17) is 9.47 Å². The molecule has 0 heterocycles. The molecule has 27 heavy (non-hydrogen) atoms. The van der Waals surface area contributed by atoms with E-state index in [2.05, 4.69) is 52.8 Å². The molecule has 3 heteroatoms. The van der Waals surface area contributed by atoms with Crippen molar-refractivity contribution >= 4 is 11.5 Å². The highest BCUT2D eigenvalue weighted by molar-refractivity contribution is 5.83. The summed E-state index contributed by atoms with van der Waals surface area (Å²) in [4.78, 5) is 11.5. The summed E-state index contributed by atoms with van der Waals surface area (Å²) in [5, 5.41) is 0. The van der Waals surface area contributed by atoms with Gasteiger partial charge in [-0.2, -0.15) is 0 Å². The molecule has 0 unspecified atom stereocenters. The smallest absolute Gasteiger partial charge is 0.330 e. The quantitative estimate of drug-likeness (QED) is 0.301. The van der Waals surface area contributed by atoms with Gasteiger partial charge < -0.3 is 9.47 Å². The van der Waals surface area contributed by atoms with E-state index in [-0.39, 0.29) is 5.97 Å². The minimum absolute atomic E-state index is 0.312. The summed E-state index contributed by atoms with van der Waals surface area (Å²) < 4.78 is 10.7. The van der Waals surface area contributed by atoms with Gasteiger partial charge in [-0.05, 0) is 60.9 Å². The Labute approximate surface area is 164 Å². The number of allylic oxidation sites excluding steroid dienone is 5. The molecule has 0 fully saturated rings. The molecule has 1 rings (SSSR count). The number of methoxy groups -OCH3 is 1. The van der Waals surface area contributed by atoms with Gasteiger partial charge >= 0.3 is 5.97 Å². The molecule has 0 bridgehead atoms. The van der Waals surface area contributed by atoms with Crippen LogP contribution in [0.25, 0.3) is 5.57 Å². The number of ether oxygens (including phenoxy) is 2. The second-order valence-electron chi connectivity index (χ2n) is 7.35. The van der Waals surface area contributed by atoms with E-state index in [1.54, 1.807) is 14.0 Å². The van der Waals surface area contributed by atoms with Crippen molar-refractivity contribution in [3.63, 3.8) is 0 Å². The molecule has 0 spiro atoms. The first kappa shape index (κ1) is 22.8. The molecule has 0 aliphatic carbocycles. The van der Waals surface area contributed by atoms with Gasteiger partial charge in [0.25, 0.3) is 0 Å². The van der Waals surface area contributed by atoms with Gasteiger partial charge in [-0.1, -0.05) is 52.0 Å². The van der Waals surface area contributed by atoms with Crippen LogP contribution in [0.3, 0.4) is 0 Å². The fourth-order valence-electron chi connectivity index (χ4n) is 2.81. The van der Waals surface area contributed by atoms with Crippen molar-refractivity contribution in [2.75, 3.05) is 13.7 Å². The van der Waals surface area contributed by atoms with Crippen LogP contribution in [0, 0.1) is 0 Å². The van der Waals surface area contributed by atoms with Gasteiger partial charge in [0.05, 0.1) is 13.7 Å². The van der Waals surface area contributed by atoms with Gasteiger partial charge in [0.2, 0.25) is 0 Å². The van der Waals surface area contributed by atoms with Crippen molar-refractivity contribution in [2.45, 2.75) is 60.3 Å². The second kappa shape index (κ2) is 10.8. The number of esters is 1. The van der Waals surface area contributed by atoms with Crippen molar-refractivity contribution in [3.05, 3.63) is 58.7 Å². The Bertz CT molecular complexity index is 734. The lowest BCUT2D eigenvalue weighted by molar-refractivity contribution is -0.137. The topological polar surface area (TPSA) is 35.5 Å². The molecule has 0 amide bonds. The summed E-state index contributed by atoms with van der Waals surface area (Å²) in [5.74, 6) is 1.46. The van der Waals surface area contributed by atoms with E-state index in [0.717, 1.165) is 22.5 Å². The van der Waals surface area contributed by atoms with E-state index < -0.39 is 0 Å². The van der Waals surface area contributed by atoms with E-state index in [9.17, 15) is 4.79 Å². The second-order valence-corrected chi connectivity index (χ2v) is 7.35. The molecule has 0 saturated carbocycles. The molecule has 0 N–H and O–H groups in total. The minimum Gasteiger partial charge on any atom is -0.496 e. The molecule has 3 nitrogen and oxygen atoms in total. The third-order valence-corrected chi connectivity index (χ3v) is 4.40. The predicted octanol–water partition coefficient (Wildman–Crippen LogP) is 6.41. The lowest BCUT2D eigenvalue weighted by Crippen LogP contribution is -2.02. The van der Waals surface area contributed by atoms with E-state index in [0.29, 0.717) is 18.4 Å². The van der Waals surface area contributed by atoms with Crippen LogP contribution >= 0.6 is 0 Å². The lowest BCUT2D eigenvalue weighted by atomic mass is 9.89. The van der Waals surface area contributed by atoms with E-state index in [1.807, 2.05) is 19.1 Å². The van der Waals surface area contributed by atoms with Gasteiger partial charge in [0.15, 0.2) is 0 Å². The minimum atomic E-state index is -0.312. The molecule has 1 aromatic rings. The Morgan fingerprint density at radius 2 is 1.78 bits per heavy atom. The highest BCUT2D eigenvalue weighted by Crippen LogP contribution is 2.37. The zero-order chi connectivity index (χ0) is 20.6. The Kier molecular flexibility index (Phi) is 9.07. The van der Waals surface area contributed by atoms with Gasteiger partial charge in [-0.3, -0.25) is 0 Å². The van der Waals surface area contributed by atoms with Crippen molar-refractivity contribution < 1.29 is 14.3 Å². The normalized spacial score (nSPS) is 13.0.